The second-order valence-corrected chi connectivity index (χ2v) is 6.97. The van der Waals surface area contributed by atoms with Crippen molar-refractivity contribution in [1.29, 1.82) is 0 Å². The van der Waals surface area contributed by atoms with Crippen molar-refractivity contribution in [3.63, 3.8) is 0 Å². The molecule has 30 heavy (non-hydrogen) atoms. The first-order valence-electron chi connectivity index (χ1n) is 9.62. The molecule has 4 aromatic rings. The molecular weight excluding hydrogens is 380 g/mol. The van der Waals surface area contributed by atoms with Gasteiger partial charge in [0, 0.05) is 24.0 Å². The summed E-state index contributed by atoms with van der Waals surface area (Å²) in [5.74, 6) is 2.10. The van der Waals surface area contributed by atoms with Gasteiger partial charge in [-0.25, -0.2) is 4.98 Å². The summed E-state index contributed by atoms with van der Waals surface area (Å²) in [4.78, 5) is 21.3. The zero-order valence-corrected chi connectivity index (χ0v) is 16.0. The van der Waals surface area contributed by atoms with Crippen LogP contribution in [-0.4, -0.2) is 30.6 Å². The van der Waals surface area contributed by atoms with Crippen molar-refractivity contribution in [2.45, 2.75) is 18.9 Å². The van der Waals surface area contributed by atoms with E-state index in [9.17, 15) is 4.79 Å². The lowest BCUT2D eigenvalue weighted by molar-refractivity contribution is 0.102. The summed E-state index contributed by atoms with van der Waals surface area (Å²) in [5.41, 5.74) is 1.14. The summed E-state index contributed by atoms with van der Waals surface area (Å²) in [5, 5.41) is 11.0. The lowest BCUT2D eigenvalue weighted by Crippen LogP contribution is -2.13. The van der Waals surface area contributed by atoms with Gasteiger partial charge in [-0.1, -0.05) is 12.1 Å². The van der Waals surface area contributed by atoms with E-state index in [1.54, 1.807) is 61.2 Å². The van der Waals surface area contributed by atoms with Gasteiger partial charge in [0.15, 0.2) is 5.82 Å². The van der Waals surface area contributed by atoms with Crippen LogP contribution in [0.15, 0.2) is 73.3 Å². The molecule has 5 rings (SSSR count). The third-order valence-electron chi connectivity index (χ3n) is 4.71. The molecule has 1 aliphatic carbocycles. The van der Waals surface area contributed by atoms with E-state index in [2.05, 4.69) is 25.5 Å². The van der Waals surface area contributed by atoms with Crippen LogP contribution in [0.5, 0.6) is 11.5 Å². The largest absolute Gasteiger partial charge is 0.457 e. The Morgan fingerprint density at radius 3 is 2.70 bits per heavy atom. The van der Waals surface area contributed by atoms with E-state index >= 15 is 0 Å². The number of aromatic nitrogens is 5. The number of nitrogens with zero attached hydrogens (tertiary/aromatic N) is 5. The van der Waals surface area contributed by atoms with Crippen molar-refractivity contribution in [3.8, 4) is 23.0 Å². The number of pyridine rings is 2. The van der Waals surface area contributed by atoms with Gasteiger partial charge >= 0.3 is 0 Å². The molecule has 1 fully saturated rings. The highest BCUT2D eigenvalue weighted by Gasteiger charge is 2.27. The Kier molecular flexibility index (Phi) is 4.65. The van der Waals surface area contributed by atoms with Crippen molar-refractivity contribution in [2.75, 3.05) is 5.32 Å². The summed E-state index contributed by atoms with van der Waals surface area (Å²) < 4.78 is 7.81. The van der Waals surface area contributed by atoms with E-state index in [4.69, 9.17) is 4.74 Å². The van der Waals surface area contributed by atoms with Gasteiger partial charge in [0.2, 0.25) is 0 Å². The molecule has 0 aliphatic heterocycles. The average Bonchev–Trinajstić information content (AvgIpc) is 3.51. The van der Waals surface area contributed by atoms with Gasteiger partial charge in [0.1, 0.15) is 29.3 Å². The SMILES string of the molecule is O=C(Nc1cccc(-c2nncn2C2CC2)n1)c1cccc(Oc2ccncc2)c1. The zero-order chi connectivity index (χ0) is 20.3. The Morgan fingerprint density at radius 1 is 1.03 bits per heavy atom. The number of benzene rings is 1. The molecule has 0 unspecified atom stereocenters. The topological polar surface area (TPSA) is 94.8 Å². The van der Waals surface area contributed by atoms with Crippen LogP contribution in [0, 0.1) is 0 Å². The molecule has 1 aromatic carbocycles. The van der Waals surface area contributed by atoms with E-state index < -0.39 is 0 Å². The van der Waals surface area contributed by atoms with Gasteiger partial charge < -0.3 is 14.6 Å². The molecule has 1 amide bonds. The van der Waals surface area contributed by atoms with Crippen LogP contribution in [0.1, 0.15) is 29.2 Å². The number of amides is 1. The highest BCUT2D eigenvalue weighted by atomic mass is 16.5. The van der Waals surface area contributed by atoms with Crippen LogP contribution in [0.2, 0.25) is 0 Å². The zero-order valence-electron chi connectivity index (χ0n) is 16.0. The van der Waals surface area contributed by atoms with Crippen LogP contribution >= 0.6 is 0 Å². The van der Waals surface area contributed by atoms with Gasteiger partial charge in [-0.05, 0) is 55.3 Å². The van der Waals surface area contributed by atoms with Crippen LogP contribution < -0.4 is 10.1 Å². The number of anilines is 1. The lowest BCUT2D eigenvalue weighted by Gasteiger charge is -2.09. The van der Waals surface area contributed by atoms with Gasteiger partial charge in [0.25, 0.3) is 5.91 Å². The maximum atomic E-state index is 12.8. The molecule has 148 valence electrons. The first kappa shape index (κ1) is 18.0. The van der Waals surface area contributed by atoms with Crippen molar-refractivity contribution >= 4 is 11.7 Å². The summed E-state index contributed by atoms with van der Waals surface area (Å²) in [6.45, 7) is 0. The smallest absolute Gasteiger partial charge is 0.256 e. The minimum atomic E-state index is -0.275. The minimum Gasteiger partial charge on any atom is -0.457 e. The van der Waals surface area contributed by atoms with Gasteiger partial charge in [-0.15, -0.1) is 10.2 Å². The summed E-state index contributed by atoms with van der Waals surface area (Å²) in [7, 11) is 0. The molecule has 1 saturated carbocycles. The Morgan fingerprint density at radius 2 is 1.87 bits per heavy atom. The molecule has 0 atom stereocenters. The maximum Gasteiger partial charge on any atom is 0.256 e. The molecular formula is C22H18N6O2. The number of ether oxygens (including phenoxy) is 1. The third-order valence-corrected chi connectivity index (χ3v) is 4.71. The fourth-order valence-corrected chi connectivity index (χ4v) is 3.11. The van der Waals surface area contributed by atoms with E-state index in [0.29, 0.717) is 40.4 Å². The van der Waals surface area contributed by atoms with E-state index in [0.717, 1.165) is 12.8 Å². The average molecular weight is 398 g/mol. The Bertz CT molecular complexity index is 1190. The highest BCUT2D eigenvalue weighted by Crippen LogP contribution is 2.37. The van der Waals surface area contributed by atoms with E-state index in [1.807, 2.05) is 16.7 Å². The number of nitrogens with one attached hydrogen (secondary N) is 1. The molecule has 1 aliphatic rings. The number of carbonyl (C=O) groups is 1. The lowest BCUT2D eigenvalue weighted by atomic mass is 10.2. The Balaban J connectivity index is 1.33. The van der Waals surface area contributed by atoms with E-state index in [-0.39, 0.29) is 5.91 Å². The molecule has 0 saturated heterocycles. The predicted molar refractivity (Wildman–Crippen MR) is 110 cm³/mol. The molecule has 3 aromatic heterocycles. The second kappa shape index (κ2) is 7.75. The molecule has 8 nitrogen and oxygen atoms in total. The normalized spacial score (nSPS) is 13.1. The maximum absolute atomic E-state index is 12.8. The van der Waals surface area contributed by atoms with Gasteiger partial charge in [0.05, 0.1) is 0 Å². The third kappa shape index (κ3) is 3.88. The molecule has 1 N–H and O–H groups in total. The van der Waals surface area contributed by atoms with Crippen molar-refractivity contribution in [2.24, 2.45) is 0 Å². The molecule has 0 radical (unpaired) electrons. The summed E-state index contributed by atoms with van der Waals surface area (Å²) >= 11 is 0. The van der Waals surface area contributed by atoms with Crippen LogP contribution in [0.4, 0.5) is 5.82 Å². The van der Waals surface area contributed by atoms with Crippen LogP contribution in [-0.2, 0) is 0 Å². The Labute approximate surface area is 172 Å². The summed E-state index contributed by atoms with van der Waals surface area (Å²) in [6, 6.07) is 16.4. The summed E-state index contributed by atoms with van der Waals surface area (Å²) in [6.07, 6.45) is 7.27. The highest BCUT2D eigenvalue weighted by molar-refractivity contribution is 6.04. The first-order chi connectivity index (χ1) is 14.8. The molecule has 0 spiro atoms. The van der Waals surface area contributed by atoms with Gasteiger partial charge in [-0.3, -0.25) is 9.78 Å². The predicted octanol–water partition coefficient (Wildman–Crippen LogP) is 4.11. The van der Waals surface area contributed by atoms with Crippen LogP contribution in [0.3, 0.4) is 0 Å². The van der Waals surface area contributed by atoms with Crippen molar-refractivity contribution < 1.29 is 9.53 Å². The molecule has 8 heteroatoms. The van der Waals surface area contributed by atoms with E-state index in [1.165, 1.54) is 0 Å². The number of rotatable bonds is 6. The second-order valence-electron chi connectivity index (χ2n) is 6.97. The van der Waals surface area contributed by atoms with Gasteiger partial charge in [-0.2, -0.15) is 0 Å². The quantitative estimate of drug-likeness (QED) is 0.525. The number of carbonyl (C=O) groups excluding carboxylic acids is 1. The minimum absolute atomic E-state index is 0.275. The number of hydrogen-bond donors (Lipinski definition) is 1. The Hall–Kier alpha value is -4.07. The first-order valence-corrected chi connectivity index (χ1v) is 9.62. The van der Waals surface area contributed by atoms with Crippen molar-refractivity contribution in [1.82, 2.24) is 24.7 Å². The molecule has 0 bridgehead atoms. The van der Waals surface area contributed by atoms with Crippen molar-refractivity contribution in [3.05, 3.63) is 78.9 Å². The van der Waals surface area contributed by atoms with Crippen LogP contribution in [0.25, 0.3) is 11.5 Å². The fraction of sp³-hybridized carbons (Fsp3) is 0.136. The fourth-order valence-electron chi connectivity index (χ4n) is 3.11. The molecule has 3 heterocycles. The monoisotopic (exact) mass is 398 g/mol. The standard InChI is InChI=1S/C22H18N6O2/c29-22(15-3-1-4-18(13-15)30-17-9-11-23-12-10-17)26-20-6-2-5-19(25-20)21-27-24-14-28(21)16-7-8-16/h1-6,9-14,16H,7-8H2,(H,25,26,29). The number of hydrogen-bond acceptors (Lipinski definition) is 6.